The van der Waals surface area contributed by atoms with Crippen LogP contribution in [0.2, 0.25) is 0 Å². The van der Waals surface area contributed by atoms with Gasteiger partial charge >= 0.3 is 0 Å². The standard InChI is InChI=1S/C4H10O/c1-4(2)5-3/h4H,1-3H3/i3D. The number of ether oxygens (including phenoxy) is 1. The van der Waals surface area contributed by atoms with Crippen molar-refractivity contribution in [1.29, 1.82) is 0 Å². The third kappa shape index (κ3) is 3.96. The molecule has 0 aliphatic heterocycles. The third-order valence-electron chi connectivity index (χ3n) is 0.333. The quantitative estimate of drug-likeness (QED) is 0.452. The topological polar surface area (TPSA) is 9.23 Å². The highest BCUT2D eigenvalue weighted by Gasteiger charge is 1.78. The number of methoxy groups -OCH3 is 1. The van der Waals surface area contributed by atoms with Crippen LogP contribution in [0.1, 0.15) is 15.2 Å². The maximum Gasteiger partial charge on any atom is 0.0530 e. The minimum atomic E-state index is 0.0810. The average Bonchev–Trinajstić information content (AvgIpc) is 1.35. The van der Waals surface area contributed by atoms with Crippen molar-refractivity contribution < 1.29 is 6.11 Å². The molecule has 0 saturated carbocycles. The SMILES string of the molecule is [2H]COC(C)C. The van der Waals surface area contributed by atoms with Crippen LogP contribution in [0.4, 0.5) is 0 Å². The Morgan fingerprint density at radius 1 is 1.80 bits per heavy atom. The molecule has 5 heavy (non-hydrogen) atoms. The molecule has 0 aromatic rings. The first-order chi connectivity index (χ1) is 2.77. The van der Waals surface area contributed by atoms with Gasteiger partial charge in [0.25, 0.3) is 0 Å². The molecule has 0 saturated heterocycles. The molecule has 32 valence electrons. The lowest BCUT2D eigenvalue weighted by atomic mass is 10.5. The molecule has 1 nitrogen and oxygen atoms in total. The summed E-state index contributed by atoms with van der Waals surface area (Å²) in [5.74, 6) is 0. The molecule has 0 aromatic heterocycles. The van der Waals surface area contributed by atoms with Crippen LogP contribution in [-0.2, 0) is 4.74 Å². The Morgan fingerprint density at radius 3 is 2.40 bits per heavy atom. The Hall–Kier alpha value is -0.0400. The second kappa shape index (κ2) is 2.21. The van der Waals surface area contributed by atoms with Crippen molar-refractivity contribution in [1.82, 2.24) is 0 Å². The van der Waals surface area contributed by atoms with E-state index in [1.807, 2.05) is 13.8 Å². The van der Waals surface area contributed by atoms with Crippen LogP contribution in [0, 0.1) is 0 Å². The maximum absolute atomic E-state index is 6.51. The van der Waals surface area contributed by atoms with E-state index in [2.05, 4.69) is 0 Å². The van der Waals surface area contributed by atoms with E-state index in [-0.39, 0.29) is 13.2 Å². The van der Waals surface area contributed by atoms with Crippen LogP contribution >= 0.6 is 0 Å². The van der Waals surface area contributed by atoms with Gasteiger partial charge in [-0.25, -0.2) is 0 Å². The summed E-state index contributed by atoms with van der Waals surface area (Å²) in [4.78, 5) is 0. The van der Waals surface area contributed by atoms with Gasteiger partial charge in [-0.3, -0.25) is 0 Å². The smallest absolute Gasteiger partial charge is 0.0530 e. The second-order valence-electron chi connectivity index (χ2n) is 1.22. The van der Waals surface area contributed by atoms with Gasteiger partial charge < -0.3 is 4.74 Å². The number of rotatable bonds is 1. The van der Waals surface area contributed by atoms with Gasteiger partial charge in [0.15, 0.2) is 0 Å². The first kappa shape index (κ1) is 3.16. The van der Waals surface area contributed by atoms with E-state index in [9.17, 15) is 0 Å². The monoisotopic (exact) mass is 75.1 g/mol. The zero-order chi connectivity index (χ0) is 4.99. The lowest BCUT2D eigenvalue weighted by Crippen LogP contribution is -1.94. The van der Waals surface area contributed by atoms with Gasteiger partial charge in [0, 0.05) is 7.09 Å². The fourth-order valence-corrected chi connectivity index (χ4v) is 0. The van der Waals surface area contributed by atoms with E-state index in [0.717, 1.165) is 0 Å². The minimum Gasteiger partial charge on any atom is -0.382 e. The lowest BCUT2D eigenvalue weighted by molar-refractivity contribution is 0.134. The fraction of sp³-hybridized carbons (Fsp3) is 1.00. The largest absolute Gasteiger partial charge is 0.382 e. The maximum atomic E-state index is 6.51. The Labute approximate surface area is 34.4 Å². The molecule has 0 aromatic carbocycles. The summed E-state index contributed by atoms with van der Waals surface area (Å²) in [5, 5.41) is 0. The molecule has 1 heteroatoms. The summed E-state index contributed by atoms with van der Waals surface area (Å²) < 4.78 is 11.2. The van der Waals surface area contributed by atoms with Gasteiger partial charge in [-0.05, 0) is 13.8 Å². The van der Waals surface area contributed by atoms with Crippen LogP contribution < -0.4 is 0 Å². The molecule has 0 aliphatic rings. The van der Waals surface area contributed by atoms with Crippen LogP contribution in [0.25, 0.3) is 0 Å². The van der Waals surface area contributed by atoms with Crippen molar-refractivity contribution in [2.24, 2.45) is 0 Å². The van der Waals surface area contributed by atoms with Crippen molar-refractivity contribution in [3.8, 4) is 0 Å². The molecule has 0 amide bonds. The highest BCUT2D eigenvalue weighted by molar-refractivity contribution is 4.27. The Morgan fingerprint density at radius 2 is 2.40 bits per heavy atom. The average molecular weight is 75.1 g/mol. The van der Waals surface area contributed by atoms with Crippen molar-refractivity contribution >= 4 is 0 Å². The van der Waals surface area contributed by atoms with Crippen LogP contribution in [0.5, 0.6) is 0 Å². The summed E-state index contributed by atoms with van der Waals surface area (Å²) in [6, 6.07) is 0. The molecule has 0 rings (SSSR count). The zero-order valence-corrected chi connectivity index (χ0v) is 3.69. The van der Waals surface area contributed by atoms with Gasteiger partial charge in [0.05, 0.1) is 7.47 Å². The van der Waals surface area contributed by atoms with Crippen LogP contribution in [-0.4, -0.2) is 13.2 Å². The van der Waals surface area contributed by atoms with Crippen molar-refractivity contribution in [2.75, 3.05) is 7.09 Å². The molecule has 0 radical (unpaired) electrons. The summed E-state index contributed by atoms with van der Waals surface area (Å²) in [7, 11) is 0.0810. The van der Waals surface area contributed by atoms with E-state index >= 15 is 0 Å². The lowest BCUT2D eigenvalue weighted by Gasteiger charge is -1.94. The summed E-state index contributed by atoms with van der Waals surface area (Å²) in [5.41, 5.74) is 0. The Bertz CT molecular complexity index is 28.7. The molecule has 0 spiro atoms. The molecule has 0 atom stereocenters. The van der Waals surface area contributed by atoms with E-state index in [1.54, 1.807) is 0 Å². The normalized spacial score (nSPS) is 12.2. The van der Waals surface area contributed by atoms with Gasteiger partial charge in [-0.2, -0.15) is 0 Å². The van der Waals surface area contributed by atoms with Gasteiger partial charge in [0.2, 0.25) is 0 Å². The zero-order valence-electron chi connectivity index (χ0n) is 4.69. The fourth-order valence-electron chi connectivity index (χ4n) is 0. The Kier molecular flexibility index (Phi) is 1.40. The summed E-state index contributed by atoms with van der Waals surface area (Å²) in [6.07, 6.45) is 0.211. The predicted molar refractivity (Wildman–Crippen MR) is 22.1 cm³/mol. The van der Waals surface area contributed by atoms with Crippen molar-refractivity contribution in [2.45, 2.75) is 20.0 Å². The van der Waals surface area contributed by atoms with Crippen molar-refractivity contribution in [3.63, 3.8) is 0 Å². The van der Waals surface area contributed by atoms with E-state index < -0.39 is 0 Å². The summed E-state index contributed by atoms with van der Waals surface area (Å²) >= 11 is 0. The van der Waals surface area contributed by atoms with Gasteiger partial charge in [-0.15, -0.1) is 0 Å². The number of hydrogen-bond acceptors (Lipinski definition) is 1. The molecule has 0 fully saturated rings. The molecule has 0 N–H and O–H groups in total. The van der Waals surface area contributed by atoms with E-state index in [1.165, 1.54) is 0 Å². The van der Waals surface area contributed by atoms with Gasteiger partial charge in [0.1, 0.15) is 0 Å². The molecule has 0 bridgehead atoms. The van der Waals surface area contributed by atoms with Crippen LogP contribution in [0.3, 0.4) is 0 Å². The van der Waals surface area contributed by atoms with E-state index in [0.29, 0.717) is 0 Å². The molecular formula is C4H10O. The Balaban J connectivity index is 2.63. The second-order valence-corrected chi connectivity index (χ2v) is 1.22. The minimum absolute atomic E-state index is 0.0810. The summed E-state index contributed by atoms with van der Waals surface area (Å²) in [6.45, 7) is 3.82. The molecular weight excluding hydrogens is 64.0 g/mol. The molecule has 0 heterocycles. The molecule has 0 aliphatic carbocycles. The van der Waals surface area contributed by atoms with E-state index in [4.69, 9.17) is 6.11 Å². The first-order valence-corrected chi connectivity index (χ1v) is 1.68. The predicted octanol–water partition coefficient (Wildman–Crippen LogP) is 1.04. The molecule has 0 unspecified atom stereocenters. The third-order valence-corrected chi connectivity index (χ3v) is 0.333. The highest BCUT2D eigenvalue weighted by Crippen LogP contribution is 1.77. The highest BCUT2D eigenvalue weighted by atomic mass is 16.5. The van der Waals surface area contributed by atoms with Gasteiger partial charge in [-0.1, -0.05) is 0 Å². The van der Waals surface area contributed by atoms with Crippen molar-refractivity contribution in [3.05, 3.63) is 0 Å². The first-order valence-electron chi connectivity index (χ1n) is 2.39. The van der Waals surface area contributed by atoms with Crippen LogP contribution in [0.15, 0.2) is 0 Å². The number of hydrogen-bond donors (Lipinski definition) is 0.